The largest absolute Gasteiger partial charge is 0.480 e. The van der Waals surface area contributed by atoms with E-state index in [2.05, 4.69) is 5.32 Å². The number of nitrogens with one attached hydrogen (secondary N) is 1. The summed E-state index contributed by atoms with van der Waals surface area (Å²) in [7, 11) is 1.41. The molecule has 0 heterocycles. The summed E-state index contributed by atoms with van der Waals surface area (Å²) in [6.07, 6.45) is -0.651. The van der Waals surface area contributed by atoms with Crippen molar-refractivity contribution < 1.29 is 24.2 Å². The van der Waals surface area contributed by atoms with Gasteiger partial charge in [0.2, 0.25) is 11.8 Å². The molecule has 2 amide bonds. The standard InChI is InChI=1S/C10H19N3O5/c1-18-6(5-11)4-9(15)13-7(10(16)17)2-3-8(12)14/h6-7H,2-5,11H2,1H3,(H2,12,14)(H,13,15)(H,16,17)/t6?,7-/m0/s1. The van der Waals surface area contributed by atoms with Gasteiger partial charge in [0.1, 0.15) is 6.04 Å². The van der Waals surface area contributed by atoms with Crippen molar-refractivity contribution in [2.45, 2.75) is 31.4 Å². The molecule has 0 spiro atoms. The molecule has 0 rings (SSSR count). The second kappa shape index (κ2) is 8.43. The van der Waals surface area contributed by atoms with Crippen molar-refractivity contribution in [2.24, 2.45) is 11.5 Å². The van der Waals surface area contributed by atoms with E-state index in [0.29, 0.717) is 0 Å². The molecule has 0 fully saturated rings. The van der Waals surface area contributed by atoms with Crippen LogP contribution >= 0.6 is 0 Å². The zero-order chi connectivity index (χ0) is 14.1. The van der Waals surface area contributed by atoms with Gasteiger partial charge in [0.25, 0.3) is 0 Å². The third kappa shape index (κ3) is 6.81. The minimum Gasteiger partial charge on any atom is -0.480 e. The minimum atomic E-state index is -1.22. The van der Waals surface area contributed by atoms with E-state index in [1.54, 1.807) is 0 Å². The number of amides is 2. The molecular formula is C10H19N3O5. The number of rotatable bonds is 9. The van der Waals surface area contributed by atoms with Crippen molar-refractivity contribution in [3.8, 4) is 0 Å². The van der Waals surface area contributed by atoms with E-state index in [9.17, 15) is 14.4 Å². The van der Waals surface area contributed by atoms with E-state index in [1.165, 1.54) is 7.11 Å². The van der Waals surface area contributed by atoms with E-state index in [1.807, 2.05) is 0 Å². The molecule has 18 heavy (non-hydrogen) atoms. The van der Waals surface area contributed by atoms with Crippen molar-refractivity contribution >= 4 is 17.8 Å². The molecular weight excluding hydrogens is 242 g/mol. The first kappa shape index (κ1) is 16.3. The van der Waals surface area contributed by atoms with E-state index in [0.717, 1.165) is 0 Å². The molecule has 8 heteroatoms. The number of hydrogen-bond acceptors (Lipinski definition) is 5. The third-order valence-electron chi connectivity index (χ3n) is 2.32. The molecule has 0 aromatic carbocycles. The fourth-order valence-electron chi connectivity index (χ4n) is 1.27. The van der Waals surface area contributed by atoms with Crippen molar-refractivity contribution in [2.75, 3.05) is 13.7 Å². The Hall–Kier alpha value is -1.67. The van der Waals surface area contributed by atoms with Crippen LogP contribution < -0.4 is 16.8 Å². The number of carbonyl (C=O) groups is 3. The first-order chi connectivity index (χ1) is 8.40. The van der Waals surface area contributed by atoms with Gasteiger partial charge in [-0.15, -0.1) is 0 Å². The Balaban J connectivity index is 4.27. The molecule has 1 unspecified atom stereocenters. The second-order valence-electron chi connectivity index (χ2n) is 3.76. The number of nitrogens with two attached hydrogens (primary N) is 2. The van der Waals surface area contributed by atoms with Gasteiger partial charge in [0, 0.05) is 20.1 Å². The van der Waals surface area contributed by atoms with Gasteiger partial charge in [-0.3, -0.25) is 9.59 Å². The van der Waals surface area contributed by atoms with Crippen molar-refractivity contribution in [1.29, 1.82) is 0 Å². The summed E-state index contributed by atoms with van der Waals surface area (Å²) in [6.45, 7) is 0.156. The van der Waals surface area contributed by atoms with Crippen molar-refractivity contribution in [1.82, 2.24) is 5.32 Å². The van der Waals surface area contributed by atoms with Gasteiger partial charge >= 0.3 is 5.97 Å². The maximum absolute atomic E-state index is 11.5. The molecule has 0 aliphatic heterocycles. The lowest BCUT2D eigenvalue weighted by Gasteiger charge is -2.16. The maximum atomic E-state index is 11.5. The van der Waals surface area contributed by atoms with E-state index in [4.69, 9.17) is 21.3 Å². The van der Waals surface area contributed by atoms with Crippen LogP contribution in [0.5, 0.6) is 0 Å². The fraction of sp³-hybridized carbons (Fsp3) is 0.700. The highest BCUT2D eigenvalue weighted by atomic mass is 16.5. The topological polar surface area (TPSA) is 145 Å². The Kier molecular flexibility index (Phi) is 7.64. The predicted octanol–water partition coefficient (Wildman–Crippen LogP) is -1.81. The first-order valence-electron chi connectivity index (χ1n) is 5.44. The predicted molar refractivity (Wildman–Crippen MR) is 62.5 cm³/mol. The molecule has 6 N–H and O–H groups in total. The molecule has 0 radical (unpaired) electrons. The number of carboxylic acids is 1. The highest BCUT2D eigenvalue weighted by molar-refractivity contribution is 5.84. The molecule has 0 bridgehead atoms. The number of carbonyl (C=O) groups excluding carboxylic acids is 2. The van der Waals surface area contributed by atoms with E-state index < -0.39 is 29.9 Å². The fourth-order valence-corrected chi connectivity index (χ4v) is 1.27. The Morgan fingerprint density at radius 1 is 1.39 bits per heavy atom. The Morgan fingerprint density at radius 2 is 2.00 bits per heavy atom. The summed E-state index contributed by atoms with van der Waals surface area (Å²) in [5, 5.41) is 11.1. The van der Waals surface area contributed by atoms with Crippen LogP contribution in [0.1, 0.15) is 19.3 Å². The molecule has 0 aliphatic carbocycles. The molecule has 0 aromatic heterocycles. The van der Waals surface area contributed by atoms with Crippen LogP contribution in [0.25, 0.3) is 0 Å². The summed E-state index contributed by atoms with van der Waals surface area (Å²) < 4.78 is 4.90. The first-order valence-corrected chi connectivity index (χ1v) is 5.44. The average Bonchev–Trinajstić information content (AvgIpc) is 2.30. The molecule has 0 saturated heterocycles. The zero-order valence-corrected chi connectivity index (χ0v) is 10.2. The molecule has 0 saturated carbocycles. The molecule has 8 nitrogen and oxygen atoms in total. The number of aliphatic carboxylic acids is 1. The number of hydrogen-bond donors (Lipinski definition) is 4. The van der Waals surface area contributed by atoms with Crippen LogP contribution in [0.4, 0.5) is 0 Å². The number of ether oxygens (including phenoxy) is 1. The zero-order valence-electron chi connectivity index (χ0n) is 10.2. The van der Waals surface area contributed by atoms with Crippen LogP contribution in [-0.2, 0) is 19.1 Å². The Morgan fingerprint density at radius 3 is 2.39 bits per heavy atom. The van der Waals surface area contributed by atoms with Crippen LogP contribution in [0, 0.1) is 0 Å². The normalized spacial score (nSPS) is 13.7. The van der Waals surface area contributed by atoms with Gasteiger partial charge < -0.3 is 26.6 Å². The number of carboxylic acid groups (broad SMARTS) is 1. The highest BCUT2D eigenvalue weighted by Crippen LogP contribution is 2.00. The lowest BCUT2D eigenvalue weighted by molar-refractivity contribution is -0.142. The SMILES string of the molecule is COC(CN)CC(=O)N[C@@H](CCC(N)=O)C(=O)O. The minimum absolute atomic E-state index is 0.0344. The van der Waals surface area contributed by atoms with Gasteiger partial charge in [-0.25, -0.2) is 4.79 Å². The van der Waals surface area contributed by atoms with E-state index >= 15 is 0 Å². The third-order valence-corrected chi connectivity index (χ3v) is 2.32. The molecule has 2 atom stereocenters. The quantitative estimate of drug-likeness (QED) is 0.385. The summed E-state index contributed by atoms with van der Waals surface area (Å²) in [5.41, 5.74) is 10.3. The highest BCUT2D eigenvalue weighted by Gasteiger charge is 2.21. The Labute approximate surface area is 105 Å². The average molecular weight is 261 g/mol. The number of methoxy groups -OCH3 is 1. The maximum Gasteiger partial charge on any atom is 0.326 e. The second-order valence-corrected chi connectivity index (χ2v) is 3.76. The van der Waals surface area contributed by atoms with Crippen molar-refractivity contribution in [3.63, 3.8) is 0 Å². The number of primary amides is 1. The van der Waals surface area contributed by atoms with Crippen LogP contribution in [-0.4, -0.2) is 48.7 Å². The van der Waals surface area contributed by atoms with Gasteiger partial charge in [0.05, 0.1) is 12.5 Å². The van der Waals surface area contributed by atoms with E-state index in [-0.39, 0.29) is 25.8 Å². The van der Waals surface area contributed by atoms with Crippen LogP contribution in [0.2, 0.25) is 0 Å². The molecule has 0 aromatic rings. The molecule has 0 aliphatic rings. The van der Waals surface area contributed by atoms with Gasteiger partial charge in [-0.05, 0) is 6.42 Å². The summed E-state index contributed by atoms with van der Waals surface area (Å²) >= 11 is 0. The summed E-state index contributed by atoms with van der Waals surface area (Å²) in [4.78, 5) is 32.9. The smallest absolute Gasteiger partial charge is 0.326 e. The van der Waals surface area contributed by atoms with Crippen LogP contribution in [0.3, 0.4) is 0 Å². The lowest BCUT2D eigenvalue weighted by atomic mass is 10.1. The van der Waals surface area contributed by atoms with Crippen molar-refractivity contribution in [3.05, 3.63) is 0 Å². The lowest BCUT2D eigenvalue weighted by Crippen LogP contribution is -2.43. The van der Waals surface area contributed by atoms with Gasteiger partial charge in [-0.1, -0.05) is 0 Å². The molecule has 104 valence electrons. The summed E-state index contributed by atoms with van der Waals surface area (Å²) in [6, 6.07) is -1.14. The van der Waals surface area contributed by atoms with Crippen LogP contribution in [0.15, 0.2) is 0 Å². The summed E-state index contributed by atoms with van der Waals surface area (Å²) in [5.74, 6) is -2.33. The Bertz CT molecular complexity index is 304. The monoisotopic (exact) mass is 261 g/mol. The van der Waals surface area contributed by atoms with Gasteiger partial charge in [-0.2, -0.15) is 0 Å². The van der Waals surface area contributed by atoms with Gasteiger partial charge in [0.15, 0.2) is 0 Å².